The van der Waals surface area contributed by atoms with Crippen LogP contribution in [0.3, 0.4) is 0 Å². The van der Waals surface area contributed by atoms with Gasteiger partial charge in [0.25, 0.3) is 0 Å². The molecule has 2 heteroatoms. The molecule has 1 heterocycles. The summed E-state index contributed by atoms with van der Waals surface area (Å²) in [5, 5.41) is 4.57. The fraction of sp³-hybridized carbons (Fsp3) is 0.0606. The molecular formula is C66H45NO. The van der Waals surface area contributed by atoms with E-state index < -0.39 is 5.41 Å². The lowest BCUT2D eigenvalue weighted by molar-refractivity contribution is 0.447. The molecule has 2 aliphatic carbocycles. The summed E-state index contributed by atoms with van der Waals surface area (Å²) < 4.78 is 7.23. The van der Waals surface area contributed by atoms with Gasteiger partial charge in [0.1, 0.15) is 11.5 Å². The molecule has 11 aromatic rings. The highest BCUT2D eigenvalue weighted by Gasteiger charge is 2.52. The van der Waals surface area contributed by atoms with E-state index in [0.717, 1.165) is 39.2 Å². The second-order valence-corrected chi connectivity index (χ2v) is 19.2. The molecule has 0 bridgehead atoms. The van der Waals surface area contributed by atoms with E-state index in [2.05, 4.69) is 255 Å². The van der Waals surface area contributed by atoms with Crippen LogP contribution in [0.15, 0.2) is 237 Å². The lowest BCUT2D eigenvalue weighted by atomic mass is 9.65. The van der Waals surface area contributed by atoms with E-state index in [1.807, 2.05) is 0 Å². The highest BCUT2D eigenvalue weighted by molar-refractivity contribution is 6.01. The molecule has 0 radical (unpaired) electrons. The Morgan fingerprint density at radius 3 is 1.62 bits per heavy atom. The molecule has 1 spiro atoms. The Morgan fingerprint density at radius 1 is 0.338 bits per heavy atom. The molecule has 2 nitrogen and oxygen atoms in total. The molecule has 0 saturated heterocycles. The third-order valence-electron chi connectivity index (χ3n) is 15.3. The molecule has 0 aromatic heterocycles. The number of ether oxygens (including phenoxy) is 1. The predicted octanol–water partition coefficient (Wildman–Crippen LogP) is 17.6. The molecule has 0 unspecified atom stereocenters. The number of nitrogens with zero attached hydrogens (tertiary/aromatic N) is 1. The zero-order valence-corrected chi connectivity index (χ0v) is 37.9. The Morgan fingerprint density at radius 2 is 0.882 bits per heavy atom. The predicted molar refractivity (Wildman–Crippen MR) is 282 cm³/mol. The normalized spacial score (nSPS) is 14.1. The Balaban J connectivity index is 0.961. The summed E-state index contributed by atoms with van der Waals surface area (Å²) in [4.78, 5) is 2.46. The molecule has 14 rings (SSSR count). The third-order valence-corrected chi connectivity index (χ3v) is 15.3. The van der Waals surface area contributed by atoms with E-state index in [-0.39, 0.29) is 5.41 Å². The van der Waals surface area contributed by atoms with Crippen molar-refractivity contribution in [3.8, 4) is 56.0 Å². The Labute approximate surface area is 397 Å². The SMILES string of the molecule is CC1(C)c2ccccc2-c2c(N(c3ccc(-c4ccc5c(c4)C4(c6ccccc6-5)c5ccc6ccccc6c5Oc5c4ccc4ccccc54)cc3)c3cccc(-c4ccccc4)c3)cccc21. The van der Waals surface area contributed by atoms with E-state index >= 15 is 0 Å². The fourth-order valence-corrected chi connectivity index (χ4v) is 12.2. The molecule has 320 valence electrons. The van der Waals surface area contributed by atoms with E-state index in [1.54, 1.807) is 0 Å². The number of hydrogen-bond donors (Lipinski definition) is 0. The molecule has 11 aromatic carbocycles. The van der Waals surface area contributed by atoms with Crippen LogP contribution in [0.1, 0.15) is 47.2 Å². The van der Waals surface area contributed by atoms with Gasteiger partial charge in [-0.25, -0.2) is 0 Å². The highest BCUT2D eigenvalue weighted by atomic mass is 16.5. The van der Waals surface area contributed by atoms with Crippen molar-refractivity contribution in [3.63, 3.8) is 0 Å². The lowest BCUT2D eigenvalue weighted by Crippen LogP contribution is -2.32. The number of benzene rings is 11. The van der Waals surface area contributed by atoms with Gasteiger partial charge in [-0.05, 0) is 108 Å². The first-order chi connectivity index (χ1) is 33.5. The van der Waals surface area contributed by atoms with Gasteiger partial charge in [-0.15, -0.1) is 0 Å². The van der Waals surface area contributed by atoms with Crippen molar-refractivity contribution in [1.82, 2.24) is 0 Å². The monoisotopic (exact) mass is 867 g/mol. The summed E-state index contributed by atoms with van der Waals surface area (Å²) in [6, 6.07) is 87.4. The summed E-state index contributed by atoms with van der Waals surface area (Å²) in [6.45, 7) is 4.72. The topological polar surface area (TPSA) is 12.5 Å². The van der Waals surface area contributed by atoms with E-state index in [0.29, 0.717) is 0 Å². The van der Waals surface area contributed by atoms with Gasteiger partial charge in [-0.1, -0.05) is 214 Å². The molecule has 1 aliphatic heterocycles. The summed E-state index contributed by atoms with van der Waals surface area (Å²) in [6.07, 6.45) is 0. The minimum absolute atomic E-state index is 0.125. The lowest BCUT2D eigenvalue weighted by Gasteiger charge is -2.40. The average molecular weight is 868 g/mol. The van der Waals surface area contributed by atoms with Crippen molar-refractivity contribution in [2.24, 2.45) is 0 Å². The van der Waals surface area contributed by atoms with Crippen LogP contribution < -0.4 is 9.64 Å². The van der Waals surface area contributed by atoms with Crippen LogP contribution in [0.4, 0.5) is 17.1 Å². The highest BCUT2D eigenvalue weighted by Crippen LogP contribution is 2.64. The molecule has 0 atom stereocenters. The zero-order chi connectivity index (χ0) is 45.1. The average Bonchev–Trinajstić information content (AvgIpc) is 3.82. The quantitative estimate of drug-likeness (QED) is 0.171. The van der Waals surface area contributed by atoms with Crippen molar-refractivity contribution in [2.75, 3.05) is 4.90 Å². The van der Waals surface area contributed by atoms with Gasteiger partial charge < -0.3 is 9.64 Å². The fourth-order valence-electron chi connectivity index (χ4n) is 12.2. The number of anilines is 3. The zero-order valence-electron chi connectivity index (χ0n) is 37.9. The summed E-state index contributed by atoms with van der Waals surface area (Å²) in [5.41, 5.74) is 20.1. The maximum absolute atomic E-state index is 7.23. The van der Waals surface area contributed by atoms with Crippen LogP contribution >= 0.6 is 0 Å². The first-order valence-corrected chi connectivity index (χ1v) is 23.7. The molecule has 0 amide bonds. The van der Waals surface area contributed by atoms with E-state index in [9.17, 15) is 0 Å². The summed E-state index contributed by atoms with van der Waals surface area (Å²) >= 11 is 0. The molecule has 68 heavy (non-hydrogen) atoms. The minimum Gasteiger partial charge on any atom is -0.455 e. The van der Waals surface area contributed by atoms with Crippen LogP contribution in [0.25, 0.3) is 66.1 Å². The minimum atomic E-state index is -0.614. The smallest absolute Gasteiger partial charge is 0.140 e. The largest absolute Gasteiger partial charge is 0.455 e. The van der Waals surface area contributed by atoms with Gasteiger partial charge in [0.2, 0.25) is 0 Å². The standard InChI is InChI=1S/C66H45NO/c1-65(2)55-26-12-11-25-54(55)62-57(65)28-15-29-61(62)67(49-21-14-20-46(40-49)42-16-4-3-5-17-42)48-35-30-43(31-36-48)47-32-37-53-52-24-10-13-27-56(52)66(60(53)41-47)58-38-33-44-18-6-8-22-50(44)63(58)68-64-51-23-9-7-19-45(51)34-39-59(64)66/h3-41H,1-2H3. The molecule has 0 N–H and O–H groups in total. The van der Waals surface area contributed by atoms with Crippen LogP contribution in [0.2, 0.25) is 0 Å². The molecule has 0 saturated carbocycles. The Kier molecular flexibility index (Phi) is 8.28. The number of fused-ring (bicyclic) bond motifs is 16. The molecule has 3 aliphatic rings. The van der Waals surface area contributed by atoms with Crippen LogP contribution in [0.5, 0.6) is 11.5 Å². The van der Waals surface area contributed by atoms with Gasteiger partial charge in [0.05, 0.1) is 11.1 Å². The third kappa shape index (κ3) is 5.40. The van der Waals surface area contributed by atoms with E-state index in [1.165, 1.54) is 88.8 Å². The second-order valence-electron chi connectivity index (χ2n) is 19.2. The maximum Gasteiger partial charge on any atom is 0.140 e. The van der Waals surface area contributed by atoms with Crippen molar-refractivity contribution < 1.29 is 4.74 Å². The van der Waals surface area contributed by atoms with Crippen molar-refractivity contribution >= 4 is 38.6 Å². The summed E-state index contributed by atoms with van der Waals surface area (Å²) in [5.74, 6) is 1.86. The maximum atomic E-state index is 7.23. The van der Waals surface area contributed by atoms with Crippen LogP contribution in [0, 0.1) is 0 Å². The van der Waals surface area contributed by atoms with Gasteiger partial charge in [0.15, 0.2) is 0 Å². The molecular weight excluding hydrogens is 823 g/mol. The van der Waals surface area contributed by atoms with Gasteiger partial charge in [-0.2, -0.15) is 0 Å². The van der Waals surface area contributed by atoms with Crippen LogP contribution in [-0.2, 0) is 10.8 Å². The summed E-state index contributed by atoms with van der Waals surface area (Å²) in [7, 11) is 0. The molecule has 0 fully saturated rings. The Bertz CT molecular complexity index is 3780. The van der Waals surface area contributed by atoms with Crippen molar-refractivity contribution in [2.45, 2.75) is 24.7 Å². The second kappa shape index (κ2) is 14.5. The van der Waals surface area contributed by atoms with Crippen LogP contribution in [-0.4, -0.2) is 0 Å². The first kappa shape index (κ1) is 38.8. The Hall–Kier alpha value is -8.46. The van der Waals surface area contributed by atoms with Crippen molar-refractivity contribution in [1.29, 1.82) is 0 Å². The van der Waals surface area contributed by atoms with Gasteiger partial charge in [0, 0.05) is 44.3 Å². The van der Waals surface area contributed by atoms with Gasteiger partial charge >= 0.3 is 0 Å². The number of rotatable bonds is 5. The van der Waals surface area contributed by atoms with E-state index in [4.69, 9.17) is 4.74 Å². The van der Waals surface area contributed by atoms with Gasteiger partial charge in [-0.3, -0.25) is 0 Å². The van der Waals surface area contributed by atoms with Crippen molar-refractivity contribution in [3.05, 3.63) is 270 Å². The first-order valence-electron chi connectivity index (χ1n) is 23.7. The number of hydrogen-bond acceptors (Lipinski definition) is 2.